The molecule has 0 aliphatic rings. The number of carbonyl (C=O) groups excluding carboxylic acids is 1. The molecule has 116 valence electrons. The minimum Gasteiger partial charge on any atom is -0.503 e. The number of nitrogens with one attached hydrogen (secondary N) is 1. The molecule has 2 N–H and O–H groups in total. The maximum Gasteiger partial charge on any atom is 0.251 e. The summed E-state index contributed by atoms with van der Waals surface area (Å²) in [5.74, 6) is -0.305. The zero-order valence-corrected chi connectivity index (χ0v) is 13.4. The summed E-state index contributed by atoms with van der Waals surface area (Å²) in [7, 11) is 0. The SMILES string of the molecule is CCOc1cc(C(=O)NCc2cccc(Cl)c2)cc(Cl)c1O. The zero-order valence-electron chi connectivity index (χ0n) is 11.9. The molecular weight excluding hydrogens is 325 g/mol. The van der Waals surface area contributed by atoms with E-state index in [1.54, 1.807) is 19.1 Å². The van der Waals surface area contributed by atoms with E-state index in [0.717, 1.165) is 5.56 Å². The van der Waals surface area contributed by atoms with Crippen molar-refractivity contribution in [2.24, 2.45) is 0 Å². The third-order valence-corrected chi connectivity index (χ3v) is 3.46. The van der Waals surface area contributed by atoms with Crippen LogP contribution in [0.25, 0.3) is 0 Å². The maximum atomic E-state index is 12.2. The van der Waals surface area contributed by atoms with Gasteiger partial charge in [-0.15, -0.1) is 0 Å². The van der Waals surface area contributed by atoms with Crippen LogP contribution in [-0.2, 0) is 6.54 Å². The normalized spacial score (nSPS) is 10.3. The number of rotatable bonds is 5. The molecule has 2 aromatic rings. The average molecular weight is 340 g/mol. The summed E-state index contributed by atoms with van der Waals surface area (Å²) < 4.78 is 5.25. The quantitative estimate of drug-likeness (QED) is 0.864. The fourth-order valence-corrected chi connectivity index (χ4v) is 2.33. The van der Waals surface area contributed by atoms with E-state index < -0.39 is 0 Å². The van der Waals surface area contributed by atoms with E-state index in [4.69, 9.17) is 27.9 Å². The van der Waals surface area contributed by atoms with Gasteiger partial charge in [0.25, 0.3) is 5.91 Å². The molecule has 0 heterocycles. The Bertz CT molecular complexity index is 689. The van der Waals surface area contributed by atoms with Crippen molar-refractivity contribution in [2.75, 3.05) is 6.61 Å². The van der Waals surface area contributed by atoms with Crippen LogP contribution >= 0.6 is 23.2 Å². The van der Waals surface area contributed by atoms with Gasteiger partial charge in [-0.25, -0.2) is 0 Å². The van der Waals surface area contributed by atoms with Gasteiger partial charge in [-0.3, -0.25) is 4.79 Å². The van der Waals surface area contributed by atoms with E-state index in [9.17, 15) is 9.90 Å². The van der Waals surface area contributed by atoms with E-state index in [0.29, 0.717) is 23.7 Å². The van der Waals surface area contributed by atoms with Crippen LogP contribution in [0.4, 0.5) is 0 Å². The molecule has 22 heavy (non-hydrogen) atoms. The number of aromatic hydroxyl groups is 1. The van der Waals surface area contributed by atoms with Crippen molar-refractivity contribution in [3.05, 3.63) is 57.6 Å². The monoisotopic (exact) mass is 339 g/mol. The Morgan fingerprint density at radius 2 is 2.05 bits per heavy atom. The van der Waals surface area contributed by atoms with Gasteiger partial charge < -0.3 is 15.2 Å². The first-order valence-corrected chi connectivity index (χ1v) is 7.44. The van der Waals surface area contributed by atoms with Gasteiger partial charge in [-0.2, -0.15) is 0 Å². The molecular formula is C16H15Cl2NO3. The van der Waals surface area contributed by atoms with Crippen molar-refractivity contribution in [1.29, 1.82) is 0 Å². The third-order valence-electron chi connectivity index (χ3n) is 2.93. The fourth-order valence-electron chi connectivity index (χ4n) is 1.90. The molecule has 0 spiro atoms. The standard InChI is InChI=1S/C16H15Cl2NO3/c1-2-22-14-8-11(7-13(18)15(14)20)16(21)19-9-10-4-3-5-12(17)6-10/h3-8,20H,2,9H2,1H3,(H,19,21). The Morgan fingerprint density at radius 1 is 1.27 bits per heavy atom. The molecule has 0 saturated carbocycles. The molecule has 1 amide bonds. The molecule has 0 atom stereocenters. The fraction of sp³-hybridized carbons (Fsp3) is 0.188. The van der Waals surface area contributed by atoms with Crippen LogP contribution in [0.5, 0.6) is 11.5 Å². The van der Waals surface area contributed by atoms with Crippen LogP contribution in [0.2, 0.25) is 10.0 Å². The molecule has 2 aromatic carbocycles. The number of hydrogen-bond donors (Lipinski definition) is 2. The van der Waals surface area contributed by atoms with E-state index in [1.165, 1.54) is 12.1 Å². The van der Waals surface area contributed by atoms with Crippen molar-refractivity contribution in [3.8, 4) is 11.5 Å². The molecule has 0 saturated heterocycles. The number of ether oxygens (including phenoxy) is 1. The van der Waals surface area contributed by atoms with Crippen LogP contribution in [-0.4, -0.2) is 17.6 Å². The summed E-state index contributed by atoms with van der Waals surface area (Å²) in [5.41, 5.74) is 1.20. The highest BCUT2D eigenvalue weighted by molar-refractivity contribution is 6.32. The van der Waals surface area contributed by atoms with Crippen molar-refractivity contribution in [1.82, 2.24) is 5.32 Å². The molecule has 4 nitrogen and oxygen atoms in total. The topological polar surface area (TPSA) is 58.6 Å². The number of phenols is 1. The first-order chi connectivity index (χ1) is 10.5. The van der Waals surface area contributed by atoms with Crippen molar-refractivity contribution >= 4 is 29.1 Å². The van der Waals surface area contributed by atoms with Gasteiger partial charge in [0.15, 0.2) is 11.5 Å². The lowest BCUT2D eigenvalue weighted by atomic mass is 10.1. The number of benzene rings is 2. The lowest BCUT2D eigenvalue weighted by Gasteiger charge is -2.11. The first-order valence-electron chi connectivity index (χ1n) is 6.69. The van der Waals surface area contributed by atoms with Crippen LogP contribution in [0.3, 0.4) is 0 Å². The van der Waals surface area contributed by atoms with Gasteiger partial charge in [0.1, 0.15) is 0 Å². The van der Waals surface area contributed by atoms with Gasteiger partial charge in [-0.05, 0) is 36.8 Å². The molecule has 0 radical (unpaired) electrons. The first kappa shape index (κ1) is 16.5. The number of amides is 1. The number of phenolic OH excluding ortho intramolecular Hbond substituents is 1. The highest BCUT2D eigenvalue weighted by Gasteiger charge is 2.14. The molecule has 0 bridgehead atoms. The summed E-state index contributed by atoms with van der Waals surface area (Å²) in [6, 6.07) is 10.1. The van der Waals surface area contributed by atoms with Crippen LogP contribution < -0.4 is 10.1 Å². The van der Waals surface area contributed by atoms with Gasteiger partial charge in [0, 0.05) is 17.1 Å². The average Bonchev–Trinajstić information content (AvgIpc) is 2.49. The van der Waals surface area contributed by atoms with Crippen LogP contribution in [0.15, 0.2) is 36.4 Å². The Kier molecular flexibility index (Phi) is 5.52. The second-order valence-electron chi connectivity index (χ2n) is 4.55. The number of halogens is 2. The van der Waals surface area contributed by atoms with E-state index in [1.807, 2.05) is 12.1 Å². The minimum absolute atomic E-state index is 0.0684. The van der Waals surface area contributed by atoms with Gasteiger partial charge in [-0.1, -0.05) is 35.3 Å². The van der Waals surface area contributed by atoms with Gasteiger partial charge >= 0.3 is 0 Å². The molecule has 2 rings (SSSR count). The maximum absolute atomic E-state index is 12.2. The lowest BCUT2D eigenvalue weighted by Crippen LogP contribution is -2.22. The molecule has 6 heteroatoms. The Labute approximate surface area is 138 Å². The zero-order chi connectivity index (χ0) is 16.1. The summed E-state index contributed by atoms with van der Waals surface area (Å²) in [4.78, 5) is 12.2. The number of hydrogen-bond acceptors (Lipinski definition) is 3. The molecule has 0 aliphatic carbocycles. The lowest BCUT2D eigenvalue weighted by molar-refractivity contribution is 0.0950. The van der Waals surface area contributed by atoms with E-state index in [2.05, 4.69) is 5.32 Å². The van der Waals surface area contributed by atoms with Crippen molar-refractivity contribution < 1.29 is 14.6 Å². The summed E-state index contributed by atoms with van der Waals surface area (Å²) in [5, 5.41) is 13.2. The van der Waals surface area contributed by atoms with Crippen LogP contribution in [0.1, 0.15) is 22.8 Å². The second-order valence-corrected chi connectivity index (χ2v) is 5.39. The van der Waals surface area contributed by atoms with Crippen molar-refractivity contribution in [2.45, 2.75) is 13.5 Å². The predicted molar refractivity (Wildman–Crippen MR) is 86.9 cm³/mol. The molecule has 0 unspecified atom stereocenters. The molecule has 0 aliphatic heterocycles. The molecule has 0 aromatic heterocycles. The minimum atomic E-state index is -0.317. The van der Waals surface area contributed by atoms with Gasteiger partial charge in [0.05, 0.1) is 11.6 Å². The Balaban J connectivity index is 2.12. The Morgan fingerprint density at radius 3 is 2.73 bits per heavy atom. The second kappa shape index (κ2) is 7.38. The third kappa shape index (κ3) is 4.06. The molecule has 0 fully saturated rings. The van der Waals surface area contributed by atoms with E-state index in [-0.39, 0.29) is 22.4 Å². The summed E-state index contributed by atoms with van der Waals surface area (Å²) >= 11 is 11.8. The summed E-state index contributed by atoms with van der Waals surface area (Å²) in [6.45, 7) is 2.47. The van der Waals surface area contributed by atoms with Crippen molar-refractivity contribution in [3.63, 3.8) is 0 Å². The Hall–Kier alpha value is -1.91. The van der Waals surface area contributed by atoms with E-state index >= 15 is 0 Å². The summed E-state index contributed by atoms with van der Waals surface area (Å²) in [6.07, 6.45) is 0. The highest BCUT2D eigenvalue weighted by Crippen LogP contribution is 2.35. The highest BCUT2D eigenvalue weighted by atomic mass is 35.5. The van der Waals surface area contributed by atoms with Gasteiger partial charge in [0.2, 0.25) is 0 Å². The smallest absolute Gasteiger partial charge is 0.251 e. The van der Waals surface area contributed by atoms with Crippen LogP contribution in [0, 0.1) is 0 Å². The predicted octanol–water partition coefficient (Wildman–Crippen LogP) is 4.03. The largest absolute Gasteiger partial charge is 0.503 e. The number of carbonyl (C=O) groups is 1.